The Hall–Kier alpha value is -1.35. The monoisotopic (exact) mass is 259 g/mol. The minimum absolute atomic E-state index is 0.200. The fourth-order valence-corrected chi connectivity index (χ4v) is 2.62. The second-order valence-corrected chi connectivity index (χ2v) is 5.25. The molecule has 0 saturated carbocycles. The molecule has 0 bridgehead atoms. The lowest BCUT2D eigenvalue weighted by Crippen LogP contribution is -2.26. The zero-order valence-electron chi connectivity index (χ0n) is 12.3. The molecule has 3 nitrogen and oxygen atoms in total. The molecule has 2 rings (SSSR count). The Morgan fingerprint density at radius 3 is 2.42 bits per heavy atom. The summed E-state index contributed by atoms with van der Waals surface area (Å²) in [6, 6.07) is 8.57. The SMILES string of the molecule is CCC(N)Cn1c(C(CC)CC)nc2ccccc21. The number of fused-ring (bicyclic) bond motifs is 1. The van der Waals surface area contributed by atoms with Crippen LogP contribution in [0.1, 0.15) is 51.8 Å². The van der Waals surface area contributed by atoms with E-state index in [2.05, 4.69) is 49.6 Å². The zero-order valence-corrected chi connectivity index (χ0v) is 12.3. The van der Waals surface area contributed by atoms with Crippen LogP contribution in [0.3, 0.4) is 0 Å². The molecule has 1 aromatic heterocycles. The summed E-state index contributed by atoms with van der Waals surface area (Å²) >= 11 is 0. The van der Waals surface area contributed by atoms with Crippen molar-refractivity contribution in [1.82, 2.24) is 9.55 Å². The van der Waals surface area contributed by atoms with Crippen molar-refractivity contribution in [2.75, 3.05) is 0 Å². The van der Waals surface area contributed by atoms with Crippen LogP contribution in [0.4, 0.5) is 0 Å². The number of nitrogens with zero attached hydrogens (tertiary/aromatic N) is 2. The van der Waals surface area contributed by atoms with E-state index in [0.29, 0.717) is 5.92 Å². The average molecular weight is 259 g/mol. The van der Waals surface area contributed by atoms with Crippen molar-refractivity contribution < 1.29 is 0 Å². The van der Waals surface area contributed by atoms with Crippen molar-refractivity contribution in [1.29, 1.82) is 0 Å². The molecule has 104 valence electrons. The largest absolute Gasteiger partial charge is 0.326 e. The van der Waals surface area contributed by atoms with Gasteiger partial charge in [-0.25, -0.2) is 4.98 Å². The molecule has 0 aliphatic rings. The second-order valence-electron chi connectivity index (χ2n) is 5.25. The third-order valence-corrected chi connectivity index (χ3v) is 3.98. The van der Waals surface area contributed by atoms with Gasteiger partial charge in [-0.15, -0.1) is 0 Å². The van der Waals surface area contributed by atoms with Crippen LogP contribution in [-0.2, 0) is 6.54 Å². The molecule has 1 heterocycles. The normalized spacial score (nSPS) is 13.3. The summed E-state index contributed by atoms with van der Waals surface area (Å²) in [4.78, 5) is 4.85. The Morgan fingerprint density at radius 1 is 1.11 bits per heavy atom. The number of imidazole rings is 1. The molecule has 0 aliphatic heterocycles. The van der Waals surface area contributed by atoms with Gasteiger partial charge < -0.3 is 10.3 Å². The lowest BCUT2D eigenvalue weighted by atomic mass is 10.0. The molecule has 0 radical (unpaired) electrons. The van der Waals surface area contributed by atoms with Gasteiger partial charge >= 0.3 is 0 Å². The number of rotatable bonds is 6. The number of para-hydroxylation sites is 2. The van der Waals surface area contributed by atoms with Gasteiger partial charge in [0.1, 0.15) is 5.82 Å². The zero-order chi connectivity index (χ0) is 13.8. The van der Waals surface area contributed by atoms with E-state index >= 15 is 0 Å². The predicted octanol–water partition coefficient (Wildman–Crippen LogP) is 3.68. The van der Waals surface area contributed by atoms with Crippen LogP contribution in [0, 0.1) is 0 Å². The smallest absolute Gasteiger partial charge is 0.113 e. The van der Waals surface area contributed by atoms with E-state index in [0.717, 1.165) is 31.3 Å². The molecule has 2 aromatic rings. The van der Waals surface area contributed by atoms with Crippen LogP contribution in [-0.4, -0.2) is 15.6 Å². The Kier molecular flexibility index (Phi) is 4.59. The van der Waals surface area contributed by atoms with Crippen molar-refractivity contribution in [3.63, 3.8) is 0 Å². The van der Waals surface area contributed by atoms with Crippen LogP contribution in [0.25, 0.3) is 11.0 Å². The summed E-state index contributed by atoms with van der Waals surface area (Å²) < 4.78 is 2.33. The number of hydrogen-bond donors (Lipinski definition) is 1. The molecular weight excluding hydrogens is 234 g/mol. The standard InChI is InChI=1S/C16H25N3/c1-4-12(5-2)16-18-14-9-7-8-10-15(14)19(16)11-13(17)6-3/h7-10,12-13H,4-6,11,17H2,1-3H3. The quantitative estimate of drug-likeness (QED) is 0.860. The molecular formula is C16H25N3. The molecule has 1 atom stereocenters. The Balaban J connectivity index is 2.51. The first-order valence-electron chi connectivity index (χ1n) is 7.41. The molecule has 0 fully saturated rings. The highest BCUT2D eigenvalue weighted by atomic mass is 15.1. The van der Waals surface area contributed by atoms with E-state index in [1.807, 2.05) is 0 Å². The van der Waals surface area contributed by atoms with Crippen LogP contribution >= 0.6 is 0 Å². The second kappa shape index (κ2) is 6.20. The van der Waals surface area contributed by atoms with Crippen LogP contribution in [0.15, 0.2) is 24.3 Å². The lowest BCUT2D eigenvalue weighted by Gasteiger charge is -2.18. The molecule has 19 heavy (non-hydrogen) atoms. The van der Waals surface area contributed by atoms with E-state index in [4.69, 9.17) is 10.7 Å². The first kappa shape index (κ1) is 14.1. The van der Waals surface area contributed by atoms with Gasteiger partial charge in [-0.1, -0.05) is 32.9 Å². The maximum atomic E-state index is 6.16. The number of hydrogen-bond acceptors (Lipinski definition) is 2. The highest BCUT2D eigenvalue weighted by Gasteiger charge is 2.18. The van der Waals surface area contributed by atoms with E-state index in [1.54, 1.807) is 0 Å². The highest BCUT2D eigenvalue weighted by Crippen LogP contribution is 2.26. The lowest BCUT2D eigenvalue weighted by molar-refractivity contribution is 0.498. The van der Waals surface area contributed by atoms with Gasteiger partial charge in [-0.2, -0.15) is 0 Å². The van der Waals surface area contributed by atoms with Gasteiger partial charge in [-0.05, 0) is 31.4 Å². The Morgan fingerprint density at radius 2 is 1.79 bits per heavy atom. The molecule has 0 saturated heterocycles. The fraction of sp³-hybridized carbons (Fsp3) is 0.562. The van der Waals surface area contributed by atoms with E-state index < -0.39 is 0 Å². The summed E-state index contributed by atoms with van der Waals surface area (Å²) in [6.45, 7) is 7.47. The van der Waals surface area contributed by atoms with Gasteiger partial charge in [0, 0.05) is 18.5 Å². The first-order valence-corrected chi connectivity index (χ1v) is 7.41. The van der Waals surface area contributed by atoms with E-state index in [9.17, 15) is 0 Å². The molecule has 0 spiro atoms. The van der Waals surface area contributed by atoms with Gasteiger partial charge in [0.05, 0.1) is 11.0 Å². The number of aromatic nitrogens is 2. The first-order chi connectivity index (χ1) is 9.21. The predicted molar refractivity (Wildman–Crippen MR) is 81.3 cm³/mol. The maximum Gasteiger partial charge on any atom is 0.113 e. The third-order valence-electron chi connectivity index (χ3n) is 3.98. The van der Waals surface area contributed by atoms with Crippen LogP contribution < -0.4 is 5.73 Å². The minimum atomic E-state index is 0.200. The van der Waals surface area contributed by atoms with Gasteiger partial charge in [0.2, 0.25) is 0 Å². The molecule has 1 aromatic carbocycles. The van der Waals surface area contributed by atoms with Crippen molar-refractivity contribution in [3.8, 4) is 0 Å². The van der Waals surface area contributed by atoms with Crippen molar-refractivity contribution >= 4 is 11.0 Å². The maximum absolute atomic E-state index is 6.16. The average Bonchev–Trinajstić information content (AvgIpc) is 2.79. The van der Waals surface area contributed by atoms with Gasteiger partial charge in [0.25, 0.3) is 0 Å². The van der Waals surface area contributed by atoms with E-state index in [1.165, 1.54) is 11.3 Å². The summed E-state index contributed by atoms with van der Waals surface area (Å²) in [7, 11) is 0. The minimum Gasteiger partial charge on any atom is -0.326 e. The van der Waals surface area contributed by atoms with Crippen molar-refractivity contribution in [2.45, 2.75) is 58.5 Å². The van der Waals surface area contributed by atoms with Crippen LogP contribution in [0.2, 0.25) is 0 Å². The molecule has 0 amide bonds. The Labute approximate surface area is 115 Å². The summed E-state index contributed by atoms with van der Waals surface area (Å²) in [6.07, 6.45) is 3.25. The molecule has 2 N–H and O–H groups in total. The van der Waals surface area contributed by atoms with Gasteiger partial charge in [0.15, 0.2) is 0 Å². The summed E-state index contributed by atoms with van der Waals surface area (Å²) in [5.74, 6) is 1.73. The summed E-state index contributed by atoms with van der Waals surface area (Å²) in [5.41, 5.74) is 8.47. The Bertz CT molecular complexity index is 526. The molecule has 0 aliphatic carbocycles. The molecule has 3 heteroatoms. The molecule has 1 unspecified atom stereocenters. The number of nitrogens with two attached hydrogens (primary N) is 1. The number of benzene rings is 1. The third kappa shape index (κ3) is 2.81. The van der Waals surface area contributed by atoms with Crippen molar-refractivity contribution in [2.24, 2.45) is 5.73 Å². The topological polar surface area (TPSA) is 43.8 Å². The highest BCUT2D eigenvalue weighted by molar-refractivity contribution is 5.76. The van der Waals surface area contributed by atoms with E-state index in [-0.39, 0.29) is 6.04 Å². The fourth-order valence-electron chi connectivity index (χ4n) is 2.62. The van der Waals surface area contributed by atoms with Crippen molar-refractivity contribution in [3.05, 3.63) is 30.1 Å². The summed E-state index contributed by atoms with van der Waals surface area (Å²) in [5, 5.41) is 0. The van der Waals surface area contributed by atoms with Gasteiger partial charge in [-0.3, -0.25) is 0 Å². The van der Waals surface area contributed by atoms with Crippen LogP contribution in [0.5, 0.6) is 0 Å².